The Labute approximate surface area is 95.1 Å². The lowest BCUT2D eigenvalue weighted by Gasteiger charge is -2.12. The fourth-order valence-electron chi connectivity index (χ4n) is 1.69. The van der Waals surface area contributed by atoms with E-state index in [0.717, 1.165) is 5.56 Å². The molecule has 0 fully saturated rings. The van der Waals surface area contributed by atoms with Crippen LogP contribution >= 0.6 is 0 Å². The standard InChI is InChI=1S/C12H15N3O/c1-12(2,15-13-3)14-11-10-7-5-4-6-9(10)8-16-11/h4-7H,8H2,1-3H3/b14-11-,15-13?. The van der Waals surface area contributed by atoms with Crippen molar-refractivity contribution in [1.29, 1.82) is 0 Å². The van der Waals surface area contributed by atoms with E-state index in [1.165, 1.54) is 5.56 Å². The first kappa shape index (κ1) is 10.8. The van der Waals surface area contributed by atoms with Gasteiger partial charge in [0.15, 0.2) is 5.66 Å². The van der Waals surface area contributed by atoms with Crippen LogP contribution in [0, 0.1) is 0 Å². The third kappa shape index (κ3) is 2.10. The van der Waals surface area contributed by atoms with E-state index in [1.54, 1.807) is 7.05 Å². The van der Waals surface area contributed by atoms with Gasteiger partial charge in [0.25, 0.3) is 0 Å². The zero-order valence-corrected chi connectivity index (χ0v) is 9.77. The molecule has 0 atom stereocenters. The Kier molecular flexibility index (Phi) is 2.73. The average molecular weight is 217 g/mol. The molecule has 0 unspecified atom stereocenters. The Morgan fingerprint density at radius 1 is 1.25 bits per heavy atom. The fourth-order valence-corrected chi connectivity index (χ4v) is 1.69. The van der Waals surface area contributed by atoms with Crippen LogP contribution in [0.5, 0.6) is 0 Å². The van der Waals surface area contributed by atoms with Gasteiger partial charge in [-0.15, -0.1) is 0 Å². The Hall–Kier alpha value is -1.71. The van der Waals surface area contributed by atoms with Crippen LogP contribution in [0.2, 0.25) is 0 Å². The molecule has 0 aromatic heterocycles. The highest BCUT2D eigenvalue weighted by molar-refractivity contribution is 5.97. The molecule has 2 rings (SSSR count). The van der Waals surface area contributed by atoms with E-state index in [4.69, 9.17) is 4.74 Å². The molecule has 4 nitrogen and oxygen atoms in total. The first-order valence-electron chi connectivity index (χ1n) is 5.24. The van der Waals surface area contributed by atoms with E-state index in [-0.39, 0.29) is 0 Å². The van der Waals surface area contributed by atoms with Crippen LogP contribution in [-0.4, -0.2) is 18.6 Å². The molecule has 1 aromatic rings. The summed E-state index contributed by atoms with van der Waals surface area (Å²) in [5.41, 5.74) is 1.66. The summed E-state index contributed by atoms with van der Waals surface area (Å²) in [7, 11) is 1.64. The lowest BCUT2D eigenvalue weighted by Crippen LogP contribution is -2.16. The van der Waals surface area contributed by atoms with Crippen LogP contribution in [0.3, 0.4) is 0 Å². The molecule has 1 aliphatic heterocycles. The molecule has 0 radical (unpaired) electrons. The topological polar surface area (TPSA) is 46.3 Å². The van der Waals surface area contributed by atoms with Gasteiger partial charge in [0, 0.05) is 18.2 Å². The smallest absolute Gasteiger partial charge is 0.219 e. The Morgan fingerprint density at radius 2 is 2.00 bits per heavy atom. The van der Waals surface area contributed by atoms with Crippen molar-refractivity contribution in [3.05, 3.63) is 35.4 Å². The summed E-state index contributed by atoms with van der Waals surface area (Å²) in [5.74, 6) is 0.660. The van der Waals surface area contributed by atoms with E-state index < -0.39 is 5.66 Å². The number of hydrogen-bond donors (Lipinski definition) is 0. The molecule has 84 valence electrons. The van der Waals surface area contributed by atoms with E-state index in [1.807, 2.05) is 38.1 Å². The normalized spacial score (nSPS) is 17.8. The fraction of sp³-hybridized carbons (Fsp3) is 0.417. The monoisotopic (exact) mass is 217 g/mol. The number of aliphatic imine (C=N–C) groups is 1. The van der Waals surface area contributed by atoms with Crippen molar-refractivity contribution in [2.24, 2.45) is 15.2 Å². The molecular weight excluding hydrogens is 202 g/mol. The third-order valence-corrected chi connectivity index (χ3v) is 2.33. The largest absolute Gasteiger partial charge is 0.473 e. The van der Waals surface area contributed by atoms with Gasteiger partial charge in [-0.1, -0.05) is 18.2 Å². The molecule has 1 aromatic carbocycles. The second-order valence-corrected chi connectivity index (χ2v) is 4.16. The van der Waals surface area contributed by atoms with Gasteiger partial charge in [-0.05, 0) is 19.9 Å². The summed E-state index contributed by atoms with van der Waals surface area (Å²) < 4.78 is 5.55. The maximum Gasteiger partial charge on any atom is 0.219 e. The number of benzene rings is 1. The summed E-state index contributed by atoms with van der Waals surface area (Å²) in [6.07, 6.45) is 0. The van der Waals surface area contributed by atoms with Crippen LogP contribution in [-0.2, 0) is 11.3 Å². The Morgan fingerprint density at radius 3 is 2.75 bits per heavy atom. The van der Waals surface area contributed by atoms with Crippen LogP contribution in [0.4, 0.5) is 0 Å². The number of hydrogen-bond acceptors (Lipinski definition) is 4. The summed E-state index contributed by atoms with van der Waals surface area (Å²) in [4.78, 5) is 4.47. The second-order valence-electron chi connectivity index (χ2n) is 4.16. The Bertz CT molecular complexity index is 449. The highest BCUT2D eigenvalue weighted by Gasteiger charge is 2.23. The summed E-state index contributed by atoms with van der Waals surface area (Å²) in [5, 5.41) is 7.82. The SMILES string of the molecule is CN=NC(C)(C)/N=C1\OCc2ccccc21. The molecule has 0 saturated carbocycles. The van der Waals surface area contributed by atoms with Gasteiger partial charge in [0.2, 0.25) is 5.90 Å². The van der Waals surface area contributed by atoms with Gasteiger partial charge in [-0.3, -0.25) is 0 Å². The summed E-state index contributed by atoms with van der Waals surface area (Å²) in [6.45, 7) is 4.39. The van der Waals surface area contributed by atoms with Crippen molar-refractivity contribution in [2.75, 3.05) is 7.05 Å². The first-order valence-corrected chi connectivity index (χ1v) is 5.24. The highest BCUT2D eigenvalue weighted by Crippen LogP contribution is 2.23. The quantitative estimate of drug-likeness (QED) is 0.702. The zero-order chi connectivity index (χ0) is 11.6. The van der Waals surface area contributed by atoms with Crippen LogP contribution in [0.15, 0.2) is 39.5 Å². The minimum atomic E-state index is -0.568. The lowest BCUT2D eigenvalue weighted by atomic mass is 10.1. The van der Waals surface area contributed by atoms with Gasteiger partial charge < -0.3 is 4.74 Å². The van der Waals surface area contributed by atoms with Crippen LogP contribution in [0.1, 0.15) is 25.0 Å². The van der Waals surface area contributed by atoms with Crippen molar-refractivity contribution in [1.82, 2.24) is 0 Å². The van der Waals surface area contributed by atoms with Crippen molar-refractivity contribution in [3.63, 3.8) is 0 Å². The molecule has 16 heavy (non-hydrogen) atoms. The van der Waals surface area contributed by atoms with Crippen molar-refractivity contribution >= 4 is 5.90 Å². The van der Waals surface area contributed by atoms with E-state index >= 15 is 0 Å². The molecule has 0 N–H and O–H groups in total. The Balaban J connectivity index is 2.35. The van der Waals surface area contributed by atoms with E-state index in [9.17, 15) is 0 Å². The van der Waals surface area contributed by atoms with E-state index in [0.29, 0.717) is 12.5 Å². The minimum Gasteiger partial charge on any atom is -0.473 e. The van der Waals surface area contributed by atoms with Gasteiger partial charge in [-0.2, -0.15) is 10.2 Å². The second kappa shape index (κ2) is 4.04. The molecule has 0 spiro atoms. The number of rotatable bonds is 2. The summed E-state index contributed by atoms with van der Waals surface area (Å²) >= 11 is 0. The predicted molar refractivity (Wildman–Crippen MR) is 62.6 cm³/mol. The molecule has 0 saturated heterocycles. The maximum absolute atomic E-state index is 5.55. The molecule has 1 heterocycles. The van der Waals surface area contributed by atoms with Gasteiger partial charge in [-0.25, -0.2) is 4.99 Å². The summed E-state index contributed by atoms with van der Waals surface area (Å²) in [6, 6.07) is 8.05. The third-order valence-electron chi connectivity index (χ3n) is 2.33. The molecule has 0 bridgehead atoms. The average Bonchev–Trinajstić information content (AvgIpc) is 2.61. The van der Waals surface area contributed by atoms with Crippen molar-refractivity contribution in [2.45, 2.75) is 26.1 Å². The number of ether oxygens (including phenoxy) is 1. The molecular formula is C12H15N3O. The number of fused-ring (bicyclic) bond motifs is 1. The molecule has 0 amide bonds. The maximum atomic E-state index is 5.55. The number of azo groups is 1. The van der Waals surface area contributed by atoms with E-state index in [2.05, 4.69) is 15.2 Å². The van der Waals surface area contributed by atoms with Gasteiger partial charge in [0.05, 0.1) is 0 Å². The van der Waals surface area contributed by atoms with Gasteiger partial charge >= 0.3 is 0 Å². The van der Waals surface area contributed by atoms with Crippen molar-refractivity contribution < 1.29 is 4.74 Å². The molecule has 0 aliphatic carbocycles. The molecule has 1 aliphatic rings. The first-order chi connectivity index (χ1) is 7.62. The molecule has 4 heteroatoms. The van der Waals surface area contributed by atoms with Crippen molar-refractivity contribution in [3.8, 4) is 0 Å². The lowest BCUT2D eigenvalue weighted by molar-refractivity contribution is 0.305. The minimum absolute atomic E-state index is 0.568. The zero-order valence-electron chi connectivity index (χ0n) is 9.77. The van der Waals surface area contributed by atoms with Crippen LogP contribution in [0.25, 0.3) is 0 Å². The predicted octanol–water partition coefficient (Wildman–Crippen LogP) is 2.78. The van der Waals surface area contributed by atoms with Crippen LogP contribution < -0.4 is 0 Å². The highest BCUT2D eigenvalue weighted by atomic mass is 16.5. The number of nitrogens with zero attached hydrogens (tertiary/aromatic N) is 3. The van der Waals surface area contributed by atoms with Gasteiger partial charge in [0.1, 0.15) is 6.61 Å².